The summed E-state index contributed by atoms with van der Waals surface area (Å²) in [6, 6.07) is 1.57. The van der Waals surface area contributed by atoms with Crippen molar-refractivity contribution in [3.05, 3.63) is 23.8 Å². The standard InChI is InChI=1S/C10H13NO5/c1-16-10(15)8(11)9(14)5-2-3-6(12)7(13)4-5/h2-4,8-9,12-14H,11H2,1H3/t8-,9-/m1/s1/i9D. The van der Waals surface area contributed by atoms with Crippen molar-refractivity contribution in [2.45, 2.75) is 12.1 Å². The number of carbonyl (C=O) groups is 1. The van der Waals surface area contributed by atoms with Crippen molar-refractivity contribution in [1.82, 2.24) is 0 Å². The molecule has 0 aliphatic carbocycles. The molecule has 0 saturated heterocycles. The number of benzene rings is 1. The number of carbonyl (C=O) groups excluding carboxylic acids is 1. The van der Waals surface area contributed by atoms with Crippen LogP contribution in [0.25, 0.3) is 0 Å². The van der Waals surface area contributed by atoms with E-state index in [2.05, 4.69) is 4.74 Å². The summed E-state index contributed by atoms with van der Waals surface area (Å²) in [5, 5.41) is 28.1. The molecular formula is C10H13NO5. The lowest BCUT2D eigenvalue weighted by Crippen LogP contribution is -2.37. The van der Waals surface area contributed by atoms with E-state index in [4.69, 9.17) is 12.2 Å². The molecule has 0 spiro atoms. The van der Waals surface area contributed by atoms with E-state index in [1.165, 1.54) is 6.07 Å². The van der Waals surface area contributed by atoms with Crippen LogP contribution in [0.2, 0.25) is 0 Å². The number of ether oxygens (including phenoxy) is 1. The molecule has 6 heteroatoms. The molecule has 0 amide bonds. The van der Waals surface area contributed by atoms with Crippen molar-refractivity contribution in [3.63, 3.8) is 0 Å². The third-order valence-electron chi connectivity index (χ3n) is 2.02. The van der Waals surface area contributed by atoms with E-state index in [1.54, 1.807) is 0 Å². The van der Waals surface area contributed by atoms with Crippen molar-refractivity contribution in [1.29, 1.82) is 0 Å². The lowest BCUT2D eigenvalue weighted by molar-refractivity contribution is -0.145. The fraction of sp³-hybridized carbons (Fsp3) is 0.300. The Morgan fingerprint density at radius 2 is 2.12 bits per heavy atom. The fourth-order valence-corrected chi connectivity index (χ4v) is 1.10. The zero-order valence-electron chi connectivity index (χ0n) is 9.54. The van der Waals surface area contributed by atoms with E-state index in [-0.39, 0.29) is 5.56 Å². The molecule has 0 aliphatic rings. The maximum absolute atomic E-state index is 11.1. The molecule has 16 heavy (non-hydrogen) atoms. The normalized spacial score (nSPS) is 17.1. The van der Waals surface area contributed by atoms with Crippen molar-refractivity contribution in [2.75, 3.05) is 7.11 Å². The first-order chi connectivity index (χ1) is 7.80. The molecule has 0 bridgehead atoms. The summed E-state index contributed by atoms with van der Waals surface area (Å²) < 4.78 is 11.9. The van der Waals surface area contributed by atoms with Gasteiger partial charge in [-0.15, -0.1) is 0 Å². The first-order valence-corrected chi connectivity index (χ1v) is 4.39. The van der Waals surface area contributed by atoms with Crippen LogP contribution in [-0.4, -0.2) is 34.4 Å². The zero-order valence-corrected chi connectivity index (χ0v) is 8.54. The molecule has 0 heterocycles. The molecule has 0 aliphatic heterocycles. The highest BCUT2D eigenvalue weighted by Gasteiger charge is 2.25. The molecule has 0 unspecified atom stereocenters. The highest BCUT2D eigenvalue weighted by molar-refractivity contribution is 5.76. The van der Waals surface area contributed by atoms with Gasteiger partial charge < -0.3 is 25.8 Å². The summed E-state index contributed by atoms with van der Waals surface area (Å²) >= 11 is 0. The Morgan fingerprint density at radius 1 is 1.50 bits per heavy atom. The molecule has 1 rings (SSSR count). The van der Waals surface area contributed by atoms with Gasteiger partial charge >= 0.3 is 5.97 Å². The van der Waals surface area contributed by atoms with Gasteiger partial charge in [0.05, 0.1) is 8.48 Å². The summed E-state index contributed by atoms with van der Waals surface area (Å²) in [6.07, 6.45) is -2.46. The van der Waals surface area contributed by atoms with Crippen LogP contribution < -0.4 is 5.73 Å². The largest absolute Gasteiger partial charge is 0.504 e. The van der Waals surface area contributed by atoms with Crippen molar-refractivity contribution in [3.8, 4) is 11.5 Å². The number of phenolic OH excluding ortho intramolecular Hbond substituents is 2. The minimum atomic E-state index is -2.46. The first kappa shape index (κ1) is 10.7. The van der Waals surface area contributed by atoms with Crippen LogP contribution >= 0.6 is 0 Å². The van der Waals surface area contributed by atoms with E-state index in [0.717, 1.165) is 19.2 Å². The number of methoxy groups -OCH3 is 1. The average Bonchev–Trinajstić information content (AvgIpc) is 2.30. The minimum absolute atomic E-state index is 0.134. The van der Waals surface area contributed by atoms with Gasteiger partial charge in [0.1, 0.15) is 12.1 Å². The molecule has 2 atom stereocenters. The van der Waals surface area contributed by atoms with Gasteiger partial charge in [0.2, 0.25) is 0 Å². The molecular weight excluding hydrogens is 214 g/mol. The number of nitrogens with two attached hydrogens (primary N) is 1. The van der Waals surface area contributed by atoms with Gasteiger partial charge in [-0.25, -0.2) is 0 Å². The predicted molar refractivity (Wildman–Crippen MR) is 54.7 cm³/mol. The monoisotopic (exact) mass is 228 g/mol. The van der Waals surface area contributed by atoms with Crippen LogP contribution in [-0.2, 0) is 9.53 Å². The van der Waals surface area contributed by atoms with Gasteiger partial charge in [0.25, 0.3) is 0 Å². The van der Waals surface area contributed by atoms with Crippen LogP contribution in [0.3, 0.4) is 0 Å². The summed E-state index contributed by atoms with van der Waals surface area (Å²) in [4.78, 5) is 11.1. The molecule has 0 fully saturated rings. The Labute approximate surface area is 93.3 Å². The highest BCUT2D eigenvalue weighted by Crippen LogP contribution is 2.28. The Kier molecular flexibility index (Phi) is 3.23. The Bertz CT molecular complexity index is 435. The minimum Gasteiger partial charge on any atom is -0.504 e. The van der Waals surface area contributed by atoms with Crippen molar-refractivity contribution < 1.29 is 26.2 Å². The number of phenols is 2. The highest BCUT2D eigenvalue weighted by atomic mass is 16.5. The summed E-state index contributed by atoms with van der Waals surface area (Å²) in [6.45, 7) is 0. The second-order valence-electron chi connectivity index (χ2n) is 3.09. The van der Waals surface area contributed by atoms with Gasteiger partial charge in [0.15, 0.2) is 11.5 Å². The smallest absolute Gasteiger partial charge is 0.325 e. The molecule has 0 saturated carbocycles. The second-order valence-corrected chi connectivity index (χ2v) is 3.09. The van der Waals surface area contributed by atoms with Crippen LogP contribution in [0.5, 0.6) is 11.5 Å². The number of hydrogen-bond acceptors (Lipinski definition) is 6. The molecule has 0 aromatic heterocycles. The summed E-state index contributed by atoms with van der Waals surface area (Å²) in [5.74, 6) is -1.89. The number of aromatic hydroxyl groups is 2. The first-order valence-electron chi connectivity index (χ1n) is 4.89. The quantitative estimate of drug-likeness (QED) is 0.415. The summed E-state index contributed by atoms with van der Waals surface area (Å²) in [5.41, 5.74) is 5.24. The van der Waals surface area contributed by atoms with E-state index in [1.807, 2.05) is 0 Å². The third-order valence-corrected chi connectivity index (χ3v) is 2.02. The second kappa shape index (κ2) is 4.82. The molecule has 0 radical (unpaired) electrons. The number of aliphatic hydroxyl groups is 1. The van der Waals surface area contributed by atoms with E-state index < -0.39 is 29.6 Å². The van der Waals surface area contributed by atoms with Gasteiger partial charge in [-0.3, -0.25) is 4.79 Å². The maximum atomic E-state index is 11.1. The Hall–Kier alpha value is -1.79. The number of hydrogen-bond donors (Lipinski definition) is 4. The van der Waals surface area contributed by atoms with E-state index in [9.17, 15) is 15.0 Å². The lowest BCUT2D eigenvalue weighted by Gasteiger charge is -2.17. The molecule has 88 valence electrons. The summed E-state index contributed by atoms with van der Waals surface area (Å²) in [7, 11) is 1.08. The van der Waals surface area contributed by atoms with Crippen molar-refractivity contribution in [2.24, 2.45) is 5.73 Å². The predicted octanol–water partition coefficient (Wildman–Crippen LogP) is -0.369. The van der Waals surface area contributed by atoms with Crippen molar-refractivity contribution >= 4 is 5.97 Å². The van der Waals surface area contributed by atoms with Crippen LogP contribution in [0, 0.1) is 0 Å². The fourth-order valence-electron chi connectivity index (χ4n) is 1.10. The van der Waals surface area contributed by atoms with Crippen LogP contribution in [0.4, 0.5) is 0 Å². The Morgan fingerprint density at radius 3 is 2.62 bits per heavy atom. The van der Waals surface area contributed by atoms with Crippen LogP contribution in [0.15, 0.2) is 18.2 Å². The maximum Gasteiger partial charge on any atom is 0.325 e. The van der Waals surface area contributed by atoms with Gasteiger partial charge in [0, 0.05) is 0 Å². The van der Waals surface area contributed by atoms with E-state index in [0.29, 0.717) is 0 Å². The molecule has 1 aromatic rings. The van der Waals surface area contributed by atoms with Gasteiger partial charge in [-0.1, -0.05) is 6.07 Å². The molecule has 1 aromatic carbocycles. The number of esters is 1. The van der Waals surface area contributed by atoms with Gasteiger partial charge in [-0.05, 0) is 17.7 Å². The zero-order chi connectivity index (χ0) is 13.2. The van der Waals surface area contributed by atoms with Crippen LogP contribution in [0.1, 0.15) is 13.0 Å². The van der Waals surface area contributed by atoms with E-state index >= 15 is 0 Å². The van der Waals surface area contributed by atoms with Gasteiger partial charge in [-0.2, -0.15) is 0 Å². The topological polar surface area (TPSA) is 113 Å². The average molecular weight is 228 g/mol. The molecule has 5 N–H and O–H groups in total. The Balaban J connectivity index is 3.11. The lowest BCUT2D eigenvalue weighted by atomic mass is 10.0. The number of rotatable bonds is 3. The molecule has 6 nitrogen and oxygen atoms in total. The third kappa shape index (κ3) is 2.41. The SMILES string of the molecule is [2H][C@@](O)(c1ccc(O)c(O)c1)[C@@H](N)C(=O)OC.